The van der Waals surface area contributed by atoms with Crippen LogP contribution in [-0.4, -0.2) is 45.8 Å². The molecule has 12 nitrogen and oxygen atoms in total. The summed E-state index contributed by atoms with van der Waals surface area (Å²) in [6.07, 6.45) is 3.13. The standard InChI is InChI=1S/C33H35N3O6.C7H10N2O/c1-32(2,3)42-30(39)33(16-17-33)24-11-6-22(7-12-24)20-36-29(38)26-18-23(10-15-27(26)35(4)31(36)40)28(37)34-19-21-8-13-25(41-5)14-9-21;1-10-7-4-6(5-8)2-3-9-7/h6-15,18H,16-17,19-20H2,1-5H3,(H,34,37);2-4H,5,8H2,1H3. The largest absolute Gasteiger partial charge is 0.497 e. The van der Waals surface area contributed by atoms with Gasteiger partial charge in [-0.2, -0.15) is 0 Å². The molecule has 6 rings (SSSR count). The van der Waals surface area contributed by atoms with Crippen molar-refractivity contribution in [2.75, 3.05) is 14.2 Å². The van der Waals surface area contributed by atoms with Crippen LogP contribution in [0.2, 0.25) is 0 Å². The molecule has 1 saturated carbocycles. The molecule has 5 aromatic rings. The number of amides is 1. The number of fused-ring (bicyclic) bond motifs is 1. The second-order valence-electron chi connectivity index (χ2n) is 13.7. The van der Waals surface area contributed by atoms with Gasteiger partial charge < -0.3 is 25.3 Å². The monoisotopic (exact) mass is 707 g/mol. The zero-order valence-electron chi connectivity index (χ0n) is 30.4. The van der Waals surface area contributed by atoms with E-state index in [9.17, 15) is 19.2 Å². The van der Waals surface area contributed by atoms with Crippen LogP contribution in [0, 0.1) is 0 Å². The molecule has 272 valence electrons. The number of hydrogen-bond donors (Lipinski definition) is 2. The summed E-state index contributed by atoms with van der Waals surface area (Å²) in [6.45, 7) is 6.44. The van der Waals surface area contributed by atoms with Crippen LogP contribution in [0.1, 0.15) is 66.2 Å². The van der Waals surface area contributed by atoms with Crippen molar-refractivity contribution < 1.29 is 23.8 Å². The maximum atomic E-state index is 13.5. The Balaban J connectivity index is 0.000000452. The van der Waals surface area contributed by atoms with Crippen LogP contribution >= 0.6 is 0 Å². The Kier molecular flexibility index (Phi) is 11.3. The van der Waals surface area contributed by atoms with Gasteiger partial charge in [-0.05, 0) is 92.3 Å². The first-order valence-electron chi connectivity index (χ1n) is 16.9. The summed E-state index contributed by atoms with van der Waals surface area (Å²) in [5, 5.41) is 3.14. The summed E-state index contributed by atoms with van der Waals surface area (Å²) in [7, 11) is 4.78. The fourth-order valence-electron chi connectivity index (χ4n) is 5.74. The molecule has 0 saturated heterocycles. The van der Waals surface area contributed by atoms with E-state index in [1.54, 1.807) is 39.6 Å². The van der Waals surface area contributed by atoms with Crippen LogP contribution in [0.25, 0.3) is 10.9 Å². The van der Waals surface area contributed by atoms with Crippen molar-refractivity contribution in [2.45, 2.75) is 64.3 Å². The molecule has 3 N–H and O–H groups in total. The number of esters is 1. The van der Waals surface area contributed by atoms with E-state index in [4.69, 9.17) is 19.9 Å². The van der Waals surface area contributed by atoms with E-state index in [1.165, 1.54) is 10.6 Å². The zero-order chi connectivity index (χ0) is 37.6. The highest BCUT2D eigenvalue weighted by atomic mass is 16.6. The van der Waals surface area contributed by atoms with Crippen molar-refractivity contribution in [1.29, 1.82) is 0 Å². The van der Waals surface area contributed by atoms with Crippen molar-refractivity contribution in [3.63, 3.8) is 0 Å². The van der Waals surface area contributed by atoms with Gasteiger partial charge in [-0.3, -0.25) is 23.5 Å². The van der Waals surface area contributed by atoms with E-state index in [0.29, 0.717) is 30.0 Å². The van der Waals surface area contributed by atoms with E-state index < -0.39 is 22.3 Å². The van der Waals surface area contributed by atoms with Gasteiger partial charge in [0, 0.05) is 38.0 Å². The number of benzene rings is 3. The maximum Gasteiger partial charge on any atom is 0.331 e. The molecule has 0 unspecified atom stereocenters. The lowest BCUT2D eigenvalue weighted by Gasteiger charge is -2.24. The average Bonchev–Trinajstić information content (AvgIpc) is 3.97. The van der Waals surface area contributed by atoms with Gasteiger partial charge in [-0.1, -0.05) is 36.4 Å². The fraction of sp³-hybridized carbons (Fsp3) is 0.325. The van der Waals surface area contributed by atoms with Gasteiger partial charge in [0.25, 0.3) is 11.5 Å². The first-order chi connectivity index (χ1) is 24.8. The number of rotatable bonds is 10. The highest BCUT2D eigenvalue weighted by Crippen LogP contribution is 2.49. The summed E-state index contributed by atoms with van der Waals surface area (Å²) in [5.74, 6) is 0.779. The Morgan fingerprint density at radius 1 is 0.885 bits per heavy atom. The van der Waals surface area contributed by atoms with Gasteiger partial charge >= 0.3 is 11.7 Å². The number of nitrogens with two attached hydrogens (primary N) is 1. The van der Waals surface area contributed by atoms with Crippen LogP contribution in [0.15, 0.2) is 94.6 Å². The molecule has 1 amide bonds. The molecule has 2 heterocycles. The van der Waals surface area contributed by atoms with Crippen molar-refractivity contribution in [3.05, 3.63) is 134 Å². The molecule has 3 aromatic carbocycles. The number of aryl methyl sites for hydroxylation is 1. The smallest absolute Gasteiger partial charge is 0.331 e. The number of pyridine rings is 1. The third-order valence-electron chi connectivity index (χ3n) is 8.86. The van der Waals surface area contributed by atoms with Gasteiger partial charge in [-0.15, -0.1) is 0 Å². The van der Waals surface area contributed by atoms with Crippen LogP contribution in [0.3, 0.4) is 0 Å². The Hall–Kier alpha value is -5.75. The molecule has 1 fully saturated rings. The van der Waals surface area contributed by atoms with E-state index >= 15 is 0 Å². The normalized spacial score (nSPS) is 13.1. The molecule has 0 atom stereocenters. The molecule has 12 heteroatoms. The van der Waals surface area contributed by atoms with Crippen molar-refractivity contribution in [1.82, 2.24) is 19.4 Å². The minimum atomic E-state index is -0.633. The quantitative estimate of drug-likeness (QED) is 0.198. The Morgan fingerprint density at radius 3 is 2.15 bits per heavy atom. The van der Waals surface area contributed by atoms with E-state index in [-0.39, 0.29) is 23.8 Å². The number of nitrogens with one attached hydrogen (secondary N) is 1. The third-order valence-corrected chi connectivity index (χ3v) is 8.86. The predicted octanol–water partition coefficient (Wildman–Crippen LogP) is 4.61. The van der Waals surface area contributed by atoms with Gasteiger partial charge in [0.1, 0.15) is 11.4 Å². The molecule has 52 heavy (non-hydrogen) atoms. The molecule has 1 aliphatic carbocycles. The van der Waals surface area contributed by atoms with Gasteiger partial charge in [0.05, 0.1) is 37.1 Å². The molecule has 2 aromatic heterocycles. The lowest BCUT2D eigenvalue weighted by molar-refractivity contribution is -0.158. The number of carbonyl (C=O) groups is 2. The van der Waals surface area contributed by atoms with Crippen molar-refractivity contribution >= 4 is 22.8 Å². The minimum absolute atomic E-state index is 0.0507. The summed E-state index contributed by atoms with van der Waals surface area (Å²) in [6, 6.07) is 23.2. The molecule has 0 bridgehead atoms. The summed E-state index contributed by atoms with van der Waals surface area (Å²) in [4.78, 5) is 56.4. The molecule has 0 spiro atoms. The zero-order valence-corrected chi connectivity index (χ0v) is 30.4. The molecular weight excluding hydrogens is 662 g/mol. The number of methoxy groups -OCH3 is 2. The fourth-order valence-corrected chi connectivity index (χ4v) is 5.74. The molecule has 0 radical (unpaired) electrons. The van der Waals surface area contributed by atoms with Crippen molar-refractivity contribution in [3.8, 4) is 11.6 Å². The topological polar surface area (TPSA) is 157 Å². The number of carbonyl (C=O) groups excluding carboxylic acids is 2. The third kappa shape index (κ3) is 8.57. The summed E-state index contributed by atoms with van der Waals surface area (Å²) in [5.41, 5.74) is 7.56. The van der Waals surface area contributed by atoms with Gasteiger partial charge in [-0.25, -0.2) is 9.78 Å². The SMILES string of the molecule is COc1cc(CN)ccn1.COc1ccc(CNC(=O)c2ccc3c(c2)c(=O)n(Cc2ccc(C4(C(=O)OC(C)(C)C)CC4)cc2)c(=O)n3C)cc1. The molecule has 0 aliphatic heterocycles. The maximum absolute atomic E-state index is 13.5. The van der Waals surface area contributed by atoms with Crippen LogP contribution in [0.5, 0.6) is 11.6 Å². The minimum Gasteiger partial charge on any atom is -0.497 e. The van der Waals surface area contributed by atoms with E-state index in [0.717, 1.165) is 45.4 Å². The Bertz CT molecular complexity index is 2160. The van der Waals surface area contributed by atoms with E-state index in [2.05, 4.69) is 10.3 Å². The highest BCUT2D eigenvalue weighted by Gasteiger charge is 2.53. The number of ether oxygens (including phenoxy) is 3. The summed E-state index contributed by atoms with van der Waals surface area (Å²) >= 11 is 0. The van der Waals surface area contributed by atoms with Crippen LogP contribution in [0.4, 0.5) is 0 Å². The van der Waals surface area contributed by atoms with Crippen molar-refractivity contribution in [2.24, 2.45) is 12.8 Å². The first kappa shape index (κ1) is 37.5. The molecule has 1 aliphatic rings. The van der Waals surface area contributed by atoms with Crippen LogP contribution in [-0.2, 0) is 41.6 Å². The second-order valence-corrected chi connectivity index (χ2v) is 13.7. The van der Waals surface area contributed by atoms with Gasteiger partial charge in [0.2, 0.25) is 5.88 Å². The van der Waals surface area contributed by atoms with E-state index in [1.807, 2.05) is 81.4 Å². The first-order valence-corrected chi connectivity index (χ1v) is 16.9. The van der Waals surface area contributed by atoms with Crippen LogP contribution < -0.4 is 31.8 Å². The Morgan fingerprint density at radius 2 is 1.56 bits per heavy atom. The number of aromatic nitrogens is 3. The second kappa shape index (κ2) is 15.6. The summed E-state index contributed by atoms with van der Waals surface area (Å²) < 4.78 is 18.3. The highest BCUT2D eigenvalue weighted by molar-refractivity contribution is 5.97. The number of nitrogens with zero attached hydrogens (tertiary/aromatic N) is 3. The van der Waals surface area contributed by atoms with Gasteiger partial charge in [0.15, 0.2) is 0 Å². The number of hydrogen-bond acceptors (Lipinski definition) is 9. The predicted molar refractivity (Wildman–Crippen MR) is 199 cm³/mol. The lowest BCUT2D eigenvalue weighted by Crippen LogP contribution is -2.39. The average molecular weight is 708 g/mol. The lowest BCUT2D eigenvalue weighted by atomic mass is 9.94. The Labute approximate surface area is 302 Å². The molecular formula is C40H45N5O7.